The van der Waals surface area contributed by atoms with Crippen molar-refractivity contribution in [1.82, 2.24) is 30.2 Å². The van der Waals surface area contributed by atoms with Crippen LogP contribution in [0.4, 0.5) is 0 Å². The number of sulfonamides is 1. The quantitative estimate of drug-likeness (QED) is 0.386. The predicted molar refractivity (Wildman–Crippen MR) is 202 cm³/mol. The summed E-state index contributed by atoms with van der Waals surface area (Å²) in [5.74, 6) is -0.887. The summed E-state index contributed by atoms with van der Waals surface area (Å²) in [6, 6.07) is 6.15. The minimum absolute atomic E-state index is 0.143. The maximum absolute atomic E-state index is 14.6. The van der Waals surface area contributed by atoms with E-state index in [9.17, 15) is 22.8 Å². The topological polar surface area (TPSA) is 169 Å². The molecule has 7 unspecified atom stereocenters. The Kier molecular flexibility index (Phi) is 10.5. The minimum atomic E-state index is -3.95. The van der Waals surface area contributed by atoms with Crippen LogP contribution >= 0.6 is 0 Å². The van der Waals surface area contributed by atoms with Crippen molar-refractivity contribution >= 4 is 38.8 Å². The fraction of sp³-hybridized carbons (Fsp3) is 0.675. The van der Waals surface area contributed by atoms with Crippen molar-refractivity contribution in [2.45, 2.75) is 144 Å². The van der Waals surface area contributed by atoms with Crippen LogP contribution in [0.2, 0.25) is 0 Å². The van der Waals surface area contributed by atoms with E-state index in [1.54, 1.807) is 11.8 Å². The van der Waals surface area contributed by atoms with E-state index in [-0.39, 0.29) is 44.0 Å². The average Bonchev–Trinajstić information content (AvgIpc) is 4.04. The molecule has 8 rings (SSSR count). The van der Waals surface area contributed by atoms with Gasteiger partial charge in [-0.05, 0) is 95.6 Å². The second-order valence-electron chi connectivity index (χ2n) is 16.7. The van der Waals surface area contributed by atoms with Crippen molar-refractivity contribution in [1.29, 1.82) is 0 Å². The molecule has 4 heterocycles. The number of rotatable bonds is 3. The Hall–Kier alpha value is -3.62. The monoisotopic (exact) mass is 762 g/mol. The number of para-hydroxylation sites is 2. The molecule has 3 N–H and O–H groups in total. The van der Waals surface area contributed by atoms with Crippen LogP contribution in [0.15, 0.2) is 36.4 Å². The van der Waals surface area contributed by atoms with E-state index in [0.29, 0.717) is 49.4 Å². The molecule has 292 valence electrons. The number of benzene rings is 1. The maximum Gasteiger partial charge on any atom is 0.259 e. The molecule has 4 fully saturated rings. The number of carbonyl (C=O) groups excluding carboxylic acids is 3. The number of fused-ring (bicyclic) bond motifs is 6. The molecule has 3 amide bonds. The Morgan fingerprint density at radius 2 is 1.74 bits per heavy atom. The molecule has 7 atom stereocenters. The molecule has 1 saturated heterocycles. The Labute approximate surface area is 317 Å². The van der Waals surface area contributed by atoms with Gasteiger partial charge in [0.2, 0.25) is 27.7 Å². The molecule has 14 heteroatoms. The van der Waals surface area contributed by atoms with E-state index in [1.165, 1.54) is 0 Å². The normalized spacial score (nSPS) is 33.2. The molecule has 0 radical (unpaired) electrons. The van der Waals surface area contributed by atoms with Gasteiger partial charge < -0.3 is 19.7 Å². The second-order valence-corrected chi connectivity index (χ2v) is 18.9. The van der Waals surface area contributed by atoms with Crippen molar-refractivity contribution in [3.8, 4) is 5.88 Å². The molecule has 3 saturated carbocycles. The van der Waals surface area contributed by atoms with Crippen LogP contribution < -0.4 is 20.1 Å². The first-order chi connectivity index (χ1) is 26.1. The summed E-state index contributed by atoms with van der Waals surface area (Å²) in [6.45, 7) is 2.02. The number of allylic oxidation sites excluding steroid dienone is 1. The van der Waals surface area contributed by atoms with Crippen LogP contribution in [-0.2, 0) is 35.6 Å². The van der Waals surface area contributed by atoms with Crippen molar-refractivity contribution in [2.24, 2.45) is 11.8 Å². The Bertz CT molecular complexity index is 1900. The number of aromatic nitrogens is 2. The molecular weight excluding hydrogens is 709 g/mol. The van der Waals surface area contributed by atoms with Crippen molar-refractivity contribution < 1.29 is 32.3 Å². The van der Waals surface area contributed by atoms with Gasteiger partial charge in [0.1, 0.15) is 23.4 Å². The third kappa shape index (κ3) is 7.62. The molecule has 6 aliphatic rings. The first-order valence-electron chi connectivity index (χ1n) is 20.2. The summed E-state index contributed by atoms with van der Waals surface area (Å²) in [5.41, 5.74) is 0.784. The first-order valence-corrected chi connectivity index (χ1v) is 21.7. The number of amides is 3. The highest BCUT2D eigenvalue weighted by Crippen LogP contribution is 2.45. The van der Waals surface area contributed by atoms with Gasteiger partial charge in [-0.1, -0.05) is 50.0 Å². The highest BCUT2D eigenvalue weighted by atomic mass is 32.2. The lowest BCUT2D eigenvalue weighted by molar-refractivity contribution is -0.145. The fourth-order valence-electron chi connectivity index (χ4n) is 8.67. The molecule has 1 aromatic heterocycles. The van der Waals surface area contributed by atoms with Crippen LogP contribution in [0.5, 0.6) is 5.88 Å². The SMILES string of the molecule is CC1(S(=O)(=O)NC(=O)C23CCC2C=CCCCCCC2NCOC4CC4CCCCCc4nc5ccccc5nc4OC4CC(C(=O)N3)N(C4)C2=O)CC1. The lowest BCUT2D eigenvalue weighted by Gasteiger charge is -2.47. The zero-order valence-corrected chi connectivity index (χ0v) is 32.1. The zero-order valence-electron chi connectivity index (χ0n) is 31.3. The number of ether oxygens (including phenoxy) is 2. The molecule has 2 aromatic rings. The largest absolute Gasteiger partial charge is 0.471 e. The summed E-state index contributed by atoms with van der Waals surface area (Å²) in [5, 5.41) is 6.43. The zero-order chi connectivity index (χ0) is 37.5. The van der Waals surface area contributed by atoms with Crippen LogP contribution in [0.1, 0.15) is 109 Å². The Balaban J connectivity index is 1.12. The van der Waals surface area contributed by atoms with Gasteiger partial charge in [0.25, 0.3) is 5.91 Å². The molecule has 1 aromatic carbocycles. The average molecular weight is 763 g/mol. The Morgan fingerprint density at radius 3 is 2.52 bits per heavy atom. The summed E-state index contributed by atoms with van der Waals surface area (Å²) >= 11 is 0. The smallest absolute Gasteiger partial charge is 0.259 e. The van der Waals surface area contributed by atoms with Gasteiger partial charge in [-0.25, -0.2) is 18.4 Å². The highest BCUT2D eigenvalue weighted by molar-refractivity contribution is 7.91. The van der Waals surface area contributed by atoms with E-state index >= 15 is 0 Å². The van der Waals surface area contributed by atoms with Gasteiger partial charge in [0.15, 0.2) is 0 Å². The number of hydrogen-bond donors (Lipinski definition) is 3. The van der Waals surface area contributed by atoms with Crippen molar-refractivity contribution in [3.63, 3.8) is 0 Å². The van der Waals surface area contributed by atoms with E-state index in [2.05, 4.69) is 15.4 Å². The lowest BCUT2D eigenvalue weighted by atomic mass is 9.65. The van der Waals surface area contributed by atoms with E-state index in [1.807, 2.05) is 36.4 Å². The molecule has 0 spiro atoms. The van der Waals surface area contributed by atoms with E-state index < -0.39 is 50.3 Å². The molecule has 3 aliphatic carbocycles. The number of nitrogens with one attached hydrogen (secondary N) is 3. The first kappa shape index (κ1) is 37.3. The number of carbonyl (C=O) groups is 3. The molecule has 3 bridgehead atoms. The predicted octanol–water partition coefficient (Wildman–Crippen LogP) is 4.20. The molecular formula is C40H54N6O7S. The number of aryl methyl sites for hydroxylation is 1. The minimum Gasteiger partial charge on any atom is -0.471 e. The third-order valence-corrected chi connectivity index (χ3v) is 15.0. The molecule has 3 aliphatic heterocycles. The van der Waals surface area contributed by atoms with Crippen LogP contribution in [0, 0.1) is 11.8 Å². The summed E-state index contributed by atoms with van der Waals surface area (Å²) in [7, 11) is -3.95. The van der Waals surface area contributed by atoms with Crippen LogP contribution in [-0.4, -0.2) is 88.9 Å². The van der Waals surface area contributed by atoms with Gasteiger partial charge in [-0.2, -0.15) is 0 Å². The molecule has 54 heavy (non-hydrogen) atoms. The van der Waals surface area contributed by atoms with Crippen LogP contribution in [0.25, 0.3) is 11.0 Å². The standard InChI is InChI=1S/C40H54N6O7S/c1-39(20-21-39)54(50,51)45-38(49)40-19-18-27(40)13-7-3-2-4-8-17-32-37(48)46-24-28(23-33(46)35(47)44-40)53-36-31(42-29-14-10-11-15-30(29)43-36)16-9-5-6-12-26-22-34(26)52-25-41-32/h7,10-11,13-15,26-28,32-34,41H,2-6,8-9,12,16-25H2,1H3,(H,44,47)(H,45,49). The van der Waals surface area contributed by atoms with E-state index in [0.717, 1.165) is 69.0 Å². The van der Waals surface area contributed by atoms with Crippen molar-refractivity contribution in [3.05, 3.63) is 42.1 Å². The van der Waals surface area contributed by atoms with Gasteiger partial charge >= 0.3 is 0 Å². The summed E-state index contributed by atoms with van der Waals surface area (Å²) < 4.78 is 40.7. The summed E-state index contributed by atoms with van der Waals surface area (Å²) in [6.07, 6.45) is 15.5. The van der Waals surface area contributed by atoms with Gasteiger partial charge in [0.05, 0.1) is 41.2 Å². The number of nitrogens with zero attached hydrogens (tertiary/aromatic N) is 3. The maximum atomic E-state index is 14.6. The van der Waals surface area contributed by atoms with E-state index in [4.69, 9.17) is 19.4 Å². The Morgan fingerprint density at radius 1 is 0.963 bits per heavy atom. The number of hydrogen-bond acceptors (Lipinski definition) is 10. The van der Waals surface area contributed by atoms with Crippen LogP contribution in [0.3, 0.4) is 0 Å². The van der Waals surface area contributed by atoms with Gasteiger partial charge in [-0.15, -0.1) is 0 Å². The fourth-order valence-corrected chi connectivity index (χ4v) is 9.98. The second kappa shape index (κ2) is 15.1. The molecule has 13 nitrogen and oxygen atoms in total. The summed E-state index contributed by atoms with van der Waals surface area (Å²) in [4.78, 5) is 54.8. The third-order valence-electron chi connectivity index (χ3n) is 12.8. The highest BCUT2D eigenvalue weighted by Gasteiger charge is 2.58. The van der Waals surface area contributed by atoms with Gasteiger partial charge in [-0.3, -0.25) is 24.4 Å². The lowest BCUT2D eigenvalue weighted by Crippen LogP contribution is -2.70. The van der Waals surface area contributed by atoms with Crippen molar-refractivity contribution in [2.75, 3.05) is 13.3 Å². The van der Waals surface area contributed by atoms with Gasteiger partial charge in [0, 0.05) is 12.3 Å².